The summed E-state index contributed by atoms with van der Waals surface area (Å²) in [5.74, 6) is -0.548. The molecule has 0 bridgehead atoms. The predicted molar refractivity (Wildman–Crippen MR) is 67.4 cm³/mol. The van der Waals surface area contributed by atoms with Crippen molar-refractivity contribution >= 4 is 0 Å². The normalized spacial score (nSPS) is 31.4. The average molecular weight is 269 g/mol. The van der Waals surface area contributed by atoms with Crippen molar-refractivity contribution in [3.63, 3.8) is 0 Å². The monoisotopic (exact) mass is 269 g/mol. The highest BCUT2D eigenvalue weighted by atomic mass is 16.7. The van der Waals surface area contributed by atoms with Gasteiger partial charge in [0.15, 0.2) is 5.79 Å². The largest absolute Gasteiger partial charge is 0.469 e. The SMILES string of the molecule is CC1CC([N+](=O)[O-])C(c2ccco2)COC(C)(C)O1. The quantitative estimate of drug-likeness (QED) is 0.609. The Balaban J connectivity index is 2.27. The highest BCUT2D eigenvalue weighted by molar-refractivity contribution is 5.08. The number of rotatable bonds is 2. The Morgan fingerprint density at radius 1 is 1.47 bits per heavy atom. The summed E-state index contributed by atoms with van der Waals surface area (Å²) >= 11 is 0. The lowest BCUT2D eigenvalue weighted by Crippen LogP contribution is -2.43. The fourth-order valence-electron chi connectivity index (χ4n) is 2.48. The summed E-state index contributed by atoms with van der Waals surface area (Å²) in [5.41, 5.74) is 0. The van der Waals surface area contributed by atoms with E-state index in [1.165, 1.54) is 6.26 Å². The summed E-state index contributed by atoms with van der Waals surface area (Å²) in [5, 5.41) is 11.3. The van der Waals surface area contributed by atoms with Crippen LogP contribution >= 0.6 is 0 Å². The maximum absolute atomic E-state index is 11.3. The van der Waals surface area contributed by atoms with Gasteiger partial charge in [-0.25, -0.2) is 0 Å². The van der Waals surface area contributed by atoms with Crippen molar-refractivity contribution in [1.82, 2.24) is 0 Å². The van der Waals surface area contributed by atoms with Gasteiger partial charge in [0, 0.05) is 11.3 Å². The molecule has 19 heavy (non-hydrogen) atoms. The summed E-state index contributed by atoms with van der Waals surface area (Å²) in [6, 6.07) is 2.72. The zero-order valence-corrected chi connectivity index (χ0v) is 11.4. The van der Waals surface area contributed by atoms with Gasteiger partial charge in [0.2, 0.25) is 6.04 Å². The van der Waals surface area contributed by atoms with Crippen LogP contribution < -0.4 is 0 Å². The molecule has 1 saturated heterocycles. The fourth-order valence-corrected chi connectivity index (χ4v) is 2.48. The van der Waals surface area contributed by atoms with Crippen molar-refractivity contribution in [3.05, 3.63) is 34.3 Å². The average Bonchev–Trinajstić information content (AvgIpc) is 2.78. The number of ether oxygens (including phenoxy) is 2. The molecule has 0 saturated carbocycles. The van der Waals surface area contributed by atoms with Crippen LogP contribution in [0.1, 0.15) is 38.9 Å². The zero-order valence-electron chi connectivity index (χ0n) is 11.4. The second kappa shape index (κ2) is 5.30. The Bertz CT molecular complexity index is 428. The molecule has 0 N–H and O–H groups in total. The minimum absolute atomic E-state index is 0.207. The van der Waals surface area contributed by atoms with Crippen LogP contribution in [-0.4, -0.2) is 29.5 Å². The predicted octanol–water partition coefficient (Wildman–Crippen LogP) is 2.57. The number of nitro groups is 1. The smallest absolute Gasteiger partial charge is 0.227 e. The van der Waals surface area contributed by atoms with Gasteiger partial charge in [0.25, 0.3) is 0 Å². The third-order valence-corrected chi connectivity index (χ3v) is 3.31. The first-order valence-electron chi connectivity index (χ1n) is 6.38. The van der Waals surface area contributed by atoms with Crippen LogP contribution in [-0.2, 0) is 9.47 Å². The Morgan fingerprint density at radius 2 is 2.21 bits per heavy atom. The molecule has 0 aliphatic carbocycles. The summed E-state index contributed by atoms with van der Waals surface area (Å²) in [6.45, 7) is 5.66. The molecule has 6 nitrogen and oxygen atoms in total. The minimum atomic E-state index is -0.766. The van der Waals surface area contributed by atoms with Gasteiger partial charge in [-0.15, -0.1) is 0 Å². The van der Waals surface area contributed by atoms with Gasteiger partial charge < -0.3 is 13.9 Å². The number of hydrogen-bond donors (Lipinski definition) is 0. The molecular formula is C13H19NO5. The third kappa shape index (κ3) is 3.33. The van der Waals surface area contributed by atoms with Gasteiger partial charge >= 0.3 is 0 Å². The van der Waals surface area contributed by atoms with E-state index in [1.54, 1.807) is 12.1 Å². The Labute approximate surface area is 111 Å². The highest BCUT2D eigenvalue weighted by Gasteiger charge is 2.41. The molecule has 1 aromatic heterocycles. The molecule has 0 aromatic carbocycles. The van der Waals surface area contributed by atoms with Gasteiger partial charge in [-0.2, -0.15) is 0 Å². The third-order valence-electron chi connectivity index (χ3n) is 3.31. The van der Waals surface area contributed by atoms with Gasteiger partial charge in [-0.3, -0.25) is 10.1 Å². The molecule has 2 heterocycles. The van der Waals surface area contributed by atoms with Crippen molar-refractivity contribution in [2.75, 3.05) is 6.61 Å². The molecule has 3 unspecified atom stereocenters. The molecule has 1 aliphatic heterocycles. The summed E-state index contributed by atoms with van der Waals surface area (Å²) < 4.78 is 16.7. The van der Waals surface area contributed by atoms with Crippen LogP contribution in [0, 0.1) is 10.1 Å². The van der Waals surface area contributed by atoms with E-state index in [1.807, 2.05) is 20.8 Å². The van der Waals surface area contributed by atoms with Crippen LogP contribution in [0.5, 0.6) is 0 Å². The Kier molecular flexibility index (Phi) is 3.91. The second-order valence-corrected chi connectivity index (χ2v) is 5.35. The Hall–Kier alpha value is -1.40. The molecule has 0 spiro atoms. The molecule has 1 fully saturated rings. The van der Waals surface area contributed by atoms with Crippen molar-refractivity contribution in [2.45, 2.75) is 51.0 Å². The first-order valence-corrected chi connectivity index (χ1v) is 6.38. The van der Waals surface area contributed by atoms with Crippen molar-refractivity contribution in [2.24, 2.45) is 0 Å². The van der Waals surface area contributed by atoms with E-state index in [-0.39, 0.29) is 17.6 Å². The lowest BCUT2D eigenvalue weighted by molar-refractivity contribution is -0.534. The molecule has 106 valence electrons. The number of furan rings is 1. The topological polar surface area (TPSA) is 74.7 Å². The van der Waals surface area contributed by atoms with Crippen LogP contribution in [0.25, 0.3) is 0 Å². The first kappa shape index (κ1) is 14.0. The highest BCUT2D eigenvalue weighted by Crippen LogP contribution is 2.31. The van der Waals surface area contributed by atoms with Crippen LogP contribution in [0.3, 0.4) is 0 Å². The van der Waals surface area contributed by atoms with Crippen molar-refractivity contribution in [3.8, 4) is 0 Å². The van der Waals surface area contributed by atoms with Crippen LogP contribution in [0.4, 0.5) is 0 Å². The maximum Gasteiger partial charge on any atom is 0.227 e. The summed E-state index contributed by atoms with van der Waals surface area (Å²) in [4.78, 5) is 11.0. The van der Waals surface area contributed by atoms with E-state index in [2.05, 4.69) is 0 Å². The van der Waals surface area contributed by atoms with Gasteiger partial charge in [0.05, 0.1) is 19.0 Å². The van der Waals surface area contributed by atoms with E-state index in [4.69, 9.17) is 13.9 Å². The molecule has 0 radical (unpaired) electrons. The first-order chi connectivity index (χ1) is 8.89. The van der Waals surface area contributed by atoms with E-state index >= 15 is 0 Å². The molecule has 2 rings (SSSR count). The molecule has 1 aliphatic rings. The second-order valence-electron chi connectivity index (χ2n) is 5.35. The van der Waals surface area contributed by atoms with E-state index in [0.29, 0.717) is 12.2 Å². The van der Waals surface area contributed by atoms with E-state index < -0.39 is 17.7 Å². The number of hydrogen-bond acceptors (Lipinski definition) is 5. The standard InChI is InChI=1S/C13H19NO5/c1-9-7-11(14(15)16)10(12-5-4-6-17-12)8-18-13(2,3)19-9/h4-6,9-11H,7-8H2,1-3H3. The van der Waals surface area contributed by atoms with Gasteiger partial charge in [-0.05, 0) is 32.9 Å². The molecule has 3 atom stereocenters. The lowest BCUT2D eigenvalue weighted by Gasteiger charge is -2.35. The summed E-state index contributed by atoms with van der Waals surface area (Å²) in [6.07, 6.45) is 1.62. The maximum atomic E-state index is 11.3. The van der Waals surface area contributed by atoms with Crippen LogP contribution in [0.2, 0.25) is 0 Å². The lowest BCUT2D eigenvalue weighted by atomic mass is 9.93. The molecule has 1 aromatic rings. The molecular weight excluding hydrogens is 250 g/mol. The van der Waals surface area contributed by atoms with E-state index in [9.17, 15) is 10.1 Å². The zero-order chi connectivity index (χ0) is 14.0. The van der Waals surface area contributed by atoms with Crippen molar-refractivity contribution < 1.29 is 18.8 Å². The summed E-state index contributed by atoms with van der Waals surface area (Å²) in [7, 11) is 0. The van der Waals surface area contributed by atoms with Gasteiger partial charge in [0.1, 0.15) is 11.7 Å². The van der Waals surface area contributed by atoms with Crippen LogP contribution in [0.15, 0.2) is 22.8 Å². The van der Waals surface area contributed by atoms with E-state index in [0.717, 1.165) is 0 Å². The van der Waals surface area contributed by atoms with Crippen molar-refractivity contribution in [1.29, 1.82) is 0 Å². The fraction of sp³-hybridized carbons (Fsp3) is 0.692. The minimum Gasteiger partial charge on any atom is -0.469 e. The molecule has 6 heteroatoms. The van der Waals surface area contributed by atoms with Gasteiger partial charge in [-0.1, -0.05) is 0 Å². The Morgan fingerprint density at radius 3 is 2.79 bits per heavy atom. The molecule has 0 amide bonds. The number of nitrogens with zero attached hydrogens (tertiary/aromatic N) is 1.